The molecule has 0 spiro atoms. The van der Waals surface area contributed by atoms with Crippen LogP contribution in [0.4, 0.5) is 0 Å². The Hall–Kier alpha value is -3.00. The van der Waals surface area contributed by atoms with E-state index in [2.05, 4.69) is 15.4 Å². The lowest BCUT2D eigenvalue weighted by Crippen LogP contribution is -2.50. The van der Waals surface area contributed by atoms with Crippen LogP contribution < -0.4 is 10.7 Å². The Morgan fingerprint density at radius 2 is 2.19 bits per heavy atom. The first-order valence-electron chi connectivity index (χ1n) is 8.57. The van der Waals surface area contributed by atoms with E-state index in [9.17, 15) is 9.59 Å². The molecule has 0 radical (unpaired) electrons. The van der Waals surface area contributed by atoms with Gasteiger partial charge in [0.15, 0.2) is 0 Å². The molecule has 134 valence electrons. The van der Waals surface area contributed by atoms with Crippen molar-refractivity contribution >= 4 is 16.8 Å². The molecule has 4 rings (SSSR count). The number of nitrogens with one attached hydrogen (secondary N) is 1. The molecule has 1 N–H and O–H groups in total. The highest BCUT2D eigenvalue weighted by Crippen LogP contribution is 2.21. The van der Waals surface area contributed by atoms with Crippen molar-refractivity contribution in [1.82, 2.24) is 29.5 Å². The monoisotopic (exact) mass is 352 g/mol. The van der Waals surface area contributed by atoms with Crippen molar-refractivity contribution in [3.8, 4) is 0 Å². The lowest BCUT2D eigenvalue weighted by atomic mass is 10.1. The predicted molar refractivity (Wildman–Crippen MR) is 96.5 cm³/mol. The van der Waals surface area contributed by atoms with Crippen LogP contribution in [0.25, 0.3) is 10.9 Å². The number of aryl methyl sites for hydroxylation is 1. The molecule has 1 unspecified atom stereocenters. The first kappa shape index (κ1) is 16.5. The van der Waals surface area contributed by atoms with Gasteiger partial charge in [0.2, 0.25) is 11.3 Å². The molecule has 1 aromatic carbocycles. The van der Waals surface area contributed by atoms with Crippen molar-refractivity contribution < 1.29 is 4.79 Å². The molecule has 1 amide bonds. The average Bonchev–Trinajstić information content (AvgIpc) is 3.10. The molecular weight excluding hydrogens is 332 g/mol. The van der Waals surface area contributed by atoms with Crippen LogP contribution in [0.15, 0.2) is 47.7 Å². The van der Waals surface area contributed by atoms with Gasteiger partial charge < -0.3 is 14.8 Å². The largest absolute Gasteiger partial charge is 0.336 e. The second-order valence-electron chi connectivity index (χ2n) is 6.39. The van der Waals surface area contributed by atoms with E-state index in [0.29, 0.717) is 24.0 Å². The maximum Gasteiger partial charge on any atom is 0.245 e. The molecule has 2 aromatic heterocycles. The summed E-state index contributed by atoms with van der Waals surface area (Å²) >= 11 is 0. The number of piperazine rings is 1. The van der Waals surface area contributed by atoms with Crippen LogP contribution in [0, 0.1) is 0 Å². The minimum atomic E-state index is -0.141. The van der Waals surface area contributed by atoms with E-state index in [-0.39, 0.29) is 23.9 Å². The lowest BCUT2D eigenvalue weighted by molar-refractivity contribution is -0.135. The fourth-order valence-corrected chi connectivity index (χ4v) is 3.44. The predicted octanol–water partition coefficient (Wildman–Crippen LogP) is 0.303. The van der Waals surface area contributed by atoms with Crippen LogP contribution in [0.2, 0.25) is 0 Å². The maximum absolute atomic E-state index is 13.0. The van der Waals surface area contributed by atoms with E-state index >= 15 is 0 Å². The number of imidazole rings is 1. The van der Waals surface area contributed by atoms with Gasteiger partial charge in [-0.2, -0.15) is 5.10 Å². The average molecular weight is 352 g/mol. The topological polar surface area (TPSA) is 85.1 Å². The highest BCUT2D eigenvalue weighted by Gasteiger charge is 2.30. The van der Waals surface area contributed by atoms with Crippen molar-refractivity contribution in [3.63, 3.8) is 0 Å². The van der Waals surface area contributed by atoms with E-state index in [1.54, 1.807) is 16.9 Å². The van der Waals surface area contributed by atoms with E-state index in [0.717, 1.165) is 12.4 Å². The van der Waals surface area contributed by atoms with Crippen LogP contribution >= 0.6 is 0 Å². The van der Waals surface area contributed by atoms with E-state index in [1.165, 1.54) is 6.20 Å². The molecule has 0 aliphatic carbocycles. The molecule has 3 heterocycles. The zero-order valence-corrected chi connectivity index (χ0v) is 14.5. The number of carbonyl (C=O) groups is 1. The van der Waals surface area contributed by atoms with Crippen LogP contribution in [0.1, 0.15) is 11.9 Å². The molecule has 1 aliphatic heterocycles. The number of amides is 1. The third kappa shape index (κ3) is 2.88. The SMILES string of the molecule is Cn1ccnc1C1CNCCN1C(=O)Cn1ncc(=O)c2ccccc21. The molecule has 1 fully saturated rings. The van der Waals surface area contributed by atoms with Crippen LogP contribution in [-0.4, -0.2) is 49.8 Å². The first-order valence-corrected chi connectivity index (χ1v) is 8.57. The number of hydrogen-bond acceptors (Lipinski definition) is 5. The van der Waals surface area contributed by atoms with Gasteiger partial charge >= 0.3 is 0 Å². The van der Waals surface area contributed by atoms with Gasteiger partial charge in [0.25, 0.3) is 0 Å². The summed E-state index contributed by atoms with van der Waals surface area (Å²) in [7, 11) is 1.93. The summed E-state index contributed by atoms with van der Waals surface area (Å²) in [5.74, 6) is 0.809. The highest BCUT2D eigenvalue weighted by molar-refractivity contribution is 5.81. The summed E-state index contributed by atoms with van der Waals surface area (Å²) in [4.78, 5) is 31.3. The summed E-state index contributed by atoms with van der Waals surface area (Å²) in [6, 6.07) is 7.09. The number of para-hydroxylation sites is 1. The molecule has 8 nitrogen and oxygen atoms in total. The number of aromatic nitrogens is 4. The Morgan fingerprint density at radius 3 is 3.00 bits per heavy atom. The van der Waals surface area contributed by atoms with Gasteiger partial charge in [-0.25, -0.2) is 4.98 Å². The lowest BCUT2D eigenvalue weighted by Gasteiger charge is -2.35. The van der Waals surface area contributed by atoms with Crippen molar-refractivity contribution in [3.05, 3.63) is 58.9 Å². The normalized spacial score (nSPS) is 17.6. The molecule has 26 heavy (non-hydrogen) atoms. The fraction of sp³-hybridized carbons (Fsp3) is 0.333. The molecule has 3 aromatic rings. The number of carbonyl (C=O) groups excluding carboxylic acids is 1. The molecule has 1 atom stereocenters. The third-order valence-electron chi connectivity index (χ3n) is 4.77. The smallest absolute Gasteiger partial charge is 0.245 e. The Balaban J connectivity index is 1.64. The van der Waals surface area contributed by atoms with Gasteiger partial charge in [-0.1, -0.05) is 12.1 Å². The van der Waals surface area contributed by atoms with Crippen molar-refractivity contribution in [2.75, 3.05) is 19.6 Å². The van der Waals surface area contributed by atoms with E-state index < -0.39 is 0 Å². The molecule has 1 saturated heterocycles. The first-order chi connectivity index (χ1) is 12.6. The maximum atomic E-state index is 13.0. The second-order valence-corrected chi connectivity index (χ2v) is 6.39. The molecular formula is C18H20N6O2. The Bertz CT molecular complexity index is 1010. The standard InChI is InChI=1S/C18H20N6O2/c1-22-8-7-20-18(22)15-10-19-6-9-23(15)17(26)12-24-14-5-3-2-4-13(14)16(25)11-21-24/h2-5,7-8,11,15,19H,6,9-10,12H2,1H3. The summed E-state index contributed by atoms with van der Waals surface area (Å²) in [6.07, 6.45) is 4.89. The highest BCUT2D eigenvalue weighted by atomic mass is 16.2. The van der Waals surface area contributed by atoms with Gasteiger partial charge in [-0.15, -0.1) is 0 Å². The van der Waals surface area contributed by atoms with Crippen LogP contribution in [0.3, 0.4) is 0 Å². The van der Waals surface area contributed by atoms with Gasteiger partial charge in [-0.3, -0.25) is 14.3 Å². The Labute approximate surface area is 150 Å². The zero-order valence-electron chi connectivity index (χ0n) is 14.5. The van der Waals surface area contributed by atoms with Crippen molar-refractivity contribution in [2.24, 2.45) is 7.05 Å². The van der Waals surface area contributed by atoms with E-state index in [1.807, 2.05) is 40.9 Å². The zero-order chi connectivity index (χ0) is 18.1. The van der Waals surface area contributed by atoms with Gasteiger partial charge in [0.05, 0.1) is 11.7 Å². The Morgan fingerprint density at radius 1 is 1.35 bits per heavy atom. The summed E-state index contributed by atoms with van der Waals surface area (Å²) < 4.78 is 3.53. The fourth-order valence-electron chi connectivity index (χ4n) is 3.44. The molecule has 0 saturated carbocycles. The molecule has 1 aliphatic rings. The number of nitrogens with zero attached hydrogens (tertiary/aromatic N) is 5. The van der Waals surface area contributed by atoms with Crippen molar-refractivity contribution in [2.45, 2.75) is 12.6 Å². The molecule has 0 bridgehead atoms. The summed E-state index contributed by atoms with van der Waals surface area (Å²) in [5.41, 5.74) is 0.523. The third-order valence-corrected chi connectivity index (χ3v) is 4.77. The van der Waals surface area contributed by atoms with Crippen molar-refractivity contribution in [1.29, 1.82) is 0 Å². The summed E-state index contributed by atoms with van der Waals surface area (Å²) in [6.45, 7) is 2.09. The minimum Gasteiger partial charge on any atom is -0.336 e. The van der Waals surface area contributed by atoms with Crippen LogP contribution in [0.5, 0.6) is 0 Å². The van der Waals surface area contributed by atoms with Gasteiger partial charge in [0.1, 0.15) is 18.4 Å². The number of benzene rings is 1. The van der Waals surface area contributed by atoms with Crippen LogP contribution in [-0.2, 0) is 18.4 Å². The van der Waals surface area contributed by atoms with Gasteiger partial charge in [-0.05, 0) is 12.1 Å². The van der Waals surface area contributed by atoms with Gasteiger partial charge in [0, 0.05) is 44.5 Å². The quantitative estimate of drug-likeness (QED) is 0.733. The Kier molecular flexibility index (Phi) is 4.26. The minimum absolute atomic E-state index is 0.0409. The summed E-state index contributed by atoms with van der Waals surface area (Å²) in [5, 5.41) is 8.06. The second kappa shape index (κ2) is 6.72. The number of fused-ring (bicyclic) bond motifs is 1. The number of rotatable bonds is 3. The number of hydrogen-bond donors (Lipinski definition) is 1. The molecule has 8 heteroatoms. The van der Waals surface area contributed by atoms with E-state index in [4.69, 9.17) is 0 Å².